The van der Waals surface area contributed by atoms with E-state index in [1.54, 1.807) is 13.0 Å². The maximum atomic E-state index is 14.9. The lowest BCUT2D eigenvalue weighted by molar-refractivity contribution is -0.137. The van der Waals surface area contributed by atoms with Gasteiger partial charge in [0.1, 0.15) is 11.6 Å². The molecule has 6 rings (SSSR count). The van der Waals surface area contributed by atoms with Crippen molar-refractivity contribution in [3.8, 4) is 11.5 Å². The highest BCUT2D eigenvalue weighted by atomic mass is 19.1. The minimum Gasteiger partial charge on any atom is -0.481 e. The van der Waals surface area contributed by atoms with Crippen LogP contribution in [-0.4, -0.2) is 38.6 Å². The number of hydrogen-bond acceptors (Lipinski definition) is 5. The van der Waals surface area contributed by atoms with E-state index in [9.17, 15) is 14.3 Å². The topological polar surface area (TPSA) is 76.8 Å². The number of rotatable bonds is 9. The summed E-state index contributed by atoms with van der Waals surface area (Å²) < 4.78 is 29.7. The van der Waals surface area contributed by atoms with E-state index in [4.69, 9.17) is 14.5 Å². The summed E-state index contributed by atoms with van der Waals surface area (Å²) in [5, 5.41) is 9.24. The van der Waals surface area contributed by atoms with Gasteiger partial charge in [0.15, 0.2) is 11.5 Å². The van der Waals surface area contributed by atoms with E-state index in [-0.39, 0.29) is 12.2 Å². The first-order valence-electron chi connectivity index (χ1n) is 14.6. The lowest BCUT2D eigenvalue weighted by atomic mass is 9.88. The van der Waals surface area contributed by atoms with Crippen molar-refractivity contribution in [3.63, 3.8) is 0 Å². The van der Waals surface area contributed by atoms with Crippen LogP contribution in [0.2, 0.25) is 0 Å². The largest absolute Gasteiger partial charge is 0.481 e. The molecule has 8 heteroatoms. The zero-order valence-corrected chi connectivity index (χ0v) is 24.1. The highest BCUT2D eigenvalue weighted by Gasteiger charge is 2.42. The first-order valence-corrected chi connectivity index (χ1v) is 14.6. The summed E-state index contributed by atoms with van der Waals surface area (Å²) in [6.45, 7) is 6.78. The van der Waals surface area contributed by atoms with Gasteiger partial charge >= 0.3 is 5.97 Å². The molecule has 0 spiro atoms. The molecular formula is C34H36FN3O4. The van der Waals surface area contributed by atoms with Crippen LogP contribution in [0.3, 0.4) is 0 Å². The summed E-state index contributed by atoms with van der Waals surface area (Å²) >= 11 is 0. The van der Waals surface area contributed by atoms with Crippen molar-refractivity contribution in [1.29, 1.82) is 0 Å². The van der Waals surface area contributed by atoms with Crippen LogP contribution in [-0.2, 0) is 30.1 Å². The monoisotopic (exact) mass is 569 g/mol. The Bertz CT molecular complexity index is 1580. The van der Waals surface area contributed by atoms with Gasteiger partial charge in [0.2, 0.25) is 0 Å². The predicted octanol–water partition coefficient (Wildman–Crippen LogP) is 6.42. The number of ether oxygens (including phenoxy) is 2. The molecule has 1 atom stereocenters. The van der Waals surface area contributed by atoms with Gasteiger partial charge in [0.25, 0.3) is 5.79 Å². The standard InChI is InChI=1S/C34H36FN3O4/c1-23-11-13-28(29(35)19-23)34(2)41-30-10-6-9-27(33(30)42-34)25-15-17-37(18-16-25)22-31-36-20-26(12-14-32(39)40)38(31)21-24-7-4-3-5-8-24/h3-11,13,19-20,25H,12,14-18,21-22H2,1-2H3,(H,39,40). The zero-order chi connectivity index (χ0) is 29.3. The van der Waals surface area contributed by atoms with Gasteiger partial charge in [-0.1, -0.05) is 48.5 Å². The van der Waals surface area contributed by atoms with Gasteiger partial charge in [0, 0.05) is 30.9 Å². The van der Waals surface area contributed by atoms with Crippen LogP contribution in [0, 0.1) is 12.7 Å². The van der Waals surface area contributed by atoms with E-state index in [1.165, 1.54) is 6.07 Å². The lowest BCUT2D eigenvalue weighted by Gasteiger charge is -2.32. The second-order valence-electron chi connectivity index (χ2n) is 11.5. The van der Waals surface area contributed by atoms with Crippen molar-refractivity contribution >= 4 is 5.97 Å². The smallest absolute Gasteiger partial charge is 0.303 e. The van der Waals surface area contributed by atoms with E-state index in [2.05, 4.69) is 27.7 Å². The van der Waals surface area contributed by atoms with Crippen LogP contribution in [0.25, 0.3) is 0 Å². The molecule has 0 bridgehead atoms. The van der Waals surface area contributed by atoms with Gasteiger partial charge in [-0.3, -0.25) is 9.69 Å². The maximum Gasteiger partial charge on any atom is 0.303 e. The Morgan fingerprint density at radius 3 is 2.57 bits per heavy atom. The molecular weight excluding hydrogens is 533 g/mol. The third kappa shape index (κ3) is 5.77. The Balaban J connectivity index is 1.15. The molecule has 0 radical (unpaired) electrons. The molecule has 3 aromatic carbocycles. The molecule has 3 heterocycles. The number of carbonyl (C=O) groups is 1. The number of piperidine rings is 1. The molecule has 0 saturated carbocycles. The number of hydrogen-bond donors (Lipinski definition) is 1. The molecule has 42 heavy (non-hydrogen) atoms. The second kappa shape index (κ2) is 11.6. The number of nitrogens with zero attached hydrogens (tertiary/aromatic N) is 3. The fraction of sp³-hybridized carbons (Fsp3) is 0.353. The molecule has 1 N–H and O–H groups in total. The number of carboxylic acids is 1. The normalized spacial score (nSPS) is 18.8. The van der Waals surface area contributed by atoms with Crippen molar-refractivity contribution in [2.45, 2.75) is 64.3 Å². The fourth-order valence-electron chi connectivity index (χ4n) is 6.14. The average molecular weight is 570 g/mol. The SMILES string of the molecule is Cc1ccc(C2(C)Oc3cccc(C4CCN(Cc5ncc(CCC(=O)O)n5Cc5ccccc5)CC4)c3O2)c(F)c1. The summed E-state index contributed by atoms with van der Waals surface area (Å²) in [5.41, 5.74) is 4.44. The van der Waals surface area contributed by atoms with E-state index >= 15 is 0 Å². The van der Waals surface area contributed by atoms with Crippen LogP contribution >= 0.6 is 0 Å². The molecule has 1 saturated heterocycles. The maximum absolute atomic E-state index is 14.9. The van der Waals surface area contributed by atoms with Crippen LogP contribution in [0.4, 0.5) is 4.39 Å². The Hall–Kier alpha value is -4.17. The van der Waals surface area contributed by atoms with Gasteiger partial charge in [-0.05, 0) is 74.5 Å². The van der Waals surface area contributed by atoms with Crippen molar-refractivity contribution in [2.75, 3.05) is 13.1 Å². The van der Waals surface area contributed by atoms with Crippen molar-refractivity contribution in [3.05, 3.63) is 113 Å². The Morgan fingerprint density at radius 1 is 1.05 bits per heavy atom. The molecule has 1 unspecified atom stereocenters. The summed E-state index contributed by atoms with van der Waals surface area (Å²) in [6, 6.07) is 21.3. The number of aliphatic carboxylic acids is 1. The summed E-state index contributed by atoms with van der Waals surface area (Å²) in [5.74, 6) is 0.236. The van der Waals surface area contributed by atoms with Crippen LogP contribution in [0.1, 0.15) is 65.9 Å². The van der Waals surface area contributed by atoms with E-state index in [0.717, 1.165) is 54.1 Å². The van der Waals surface area contributed by atoms with E-state index in [0.29, 0.717) is 42.5 Å². The number of halogens is 1. The number of aryl methyl sites for hydroxylation is 2. The highest BCUT2D eigenvalue weighted by molar-refractivity contribution is 5.67. The van der Waals surface area contributed by atoms with Crippen molar-refractivity contribution in [2.24, 2.45) is 0 Å². The van der Waals surface area contributed by atoms with Gasteiger partial charge in [0.05, 0.1) is 18.5 Å². The molecule has 0 amide bonds. The quantitative estimate of drug-likeness (QED) is 0.251. The molecule has 7 nitrogen and oxygen atoms in total. The average Bonchev–Trinajstić information content (AvgIpc) is 3.52. The van der Waals surface area contributed by atoms with Gasteiger partial charge in [-0.2, -0.15) is 0 Å². The minimum absolute atomic E-state index is 0.0775. The molecule has 1 fully saturated rings. The summed E-state index contributed by atoms with van der Waals surface area (Å²) in [7, 11) is 0. The molecule has 1 aromatic heterocycles. The Kier molecular flexibility index (Phi) is 7.73. The number of fused-ring (bicyclic) bond motifs is 1. The fourth-order valence-corrected chi connectivity index (χ4v) is 6.14. The van der Waals surface area contributed by atoms with Crippen molar-refractivity contribution < 1.29 is 23.8 Å². The third-order valence-electron chi connectivity index (χ3n) is 8.42. The van der Waals surface area contributed by atoms with Crippen molar-refractivity contribution in [1.82, 2.24) is 14.5 Å². The Morgan fingerprint density at radius 2 is 1.83 bits per heavy atom. The highest BCUT2D eigenvalue weighted by Crippen LogP contribution is 2.49. The van der Waals surface area contributed by atoms with Crippen LogP contribution in [0.5, 0.6) is 11.5 Å². The molecule has 2 aliphatic rings. The summed E-state index contributed by atoms with van der Waals surface area (Å²) in [4.78, 5) is 18.4. The lowest BCUT2D eigenvalue weighted by Crippen LogP contribution is -2.34. The van der Waals surface area contributed by atoms with Gasteiger partial charge in [-0.25, -0.2) is 9.37 Å². The number of imidazole rings is 1. The zero-order valence-electron chi connectivity index (χ0n) is 24.1. The number of carboxylic acid groups (broad SMARTS) is 1. The van der Waals surface area contributed by atoms with Crippen LogP contribution < -0.4 is 9.47 Å². The molecule has 2 aliphatic heterocycles. The number of benzene rings is 3. The van der Waals surface area contributed by atoms with E-state index in [1.807, 2.05) is 49.5 Å². The Labute approximate surface area is 245 Å². The molecule has 4 aromatic rings. The molecule has 0 aliphatic carbocycles. The van der Waals surface area contributed by atoms with Gasteiger partial charge in [-0.15, -0.1) is 0 Å². The second-order valence-corrected chi connectivity index (χ2v) is 11.5. The number of likely N-dealkylation sites (tertiary alicyclic amines) is 1. The van der Waals surface area contributed by atoms with Gasteiger partial charge < -0.3 is 19.1 Å². The summed E-state index contributed by atoms with van der Waals surface area (Å²) in [6.07, 6.45) is 4.24. The first kappa shape index (κ1) is 28.0. The van der Waals surface area contributed by atoms with E-state index < -0.39 is 11.8 Å². The minimum atomic E-state index is -1.22. The predicted molar refractivity (Wildman–Crippen MR) is 157 cm³/mol. The van der Waals surface area contributed by atoms with Crippen LogP contribution in [0.15, 0.2) is 72.9 Å². The number of aromatic nitrogens is 2. The first-order chi connectivity index (χ1) is 20.3. The molecule has 218 valence electrons. The number of para-hydroxylation sites is 1. The third-order valence-corrected chi connectivity index (χ3v) is 8.42.